The van der Waals surface area contributed by atoms with Crippen molar-refractivity contribution >= 4 is 16.8 Å². The molecule has 6 nitrogen and oxygen atoms in total. The summed E-state index contributed by atoms with van der Waals surface area (Å²) in [6.45, 7) is 0.691. The lowest BCUT2D eigenvalue weighted by Gasteiger charge is -2.25. The number of amides is 1. The van der Waals surface area contributed by atoms with Gasteiger partial charge in [-0.2, -0.15) is 0 Å². The summed E-state index contributed by atoms with van der Waals surface area (Å²) < 4.78 is 11.1. The number of fused-ring (bicyclic) bond motifs is 1. The molecule has 4 rings (SSSR count). The van der Waals surface area contributed by atoms with Gasteiger partial charge in [0.1, 0.15) is 12.1 Å². The van der Waals surface area contributed by atoms with Crippen LogP contribution in [-0.4, -0.2) is 41.0 Å². The molecule has 0 radical (unpaired) electrons. The van der Waals surface area contributed by atoms with Gasteiger partial charge in [-0.15, -0.1) is 0 Å². The molecule has 2 aromatic carbocycles. The predicted molar refractivity (Wildman–Crippen MR) is 102 cm³/mol. The first kappa shape index (κ1) is 17.3. The second-order valence-corrected chi connectivity index (χ2v) is 6.51. The molecule has 27 heavy (non-hydrogen) atoms. The summed E-state index contributed by atoms with van der Waals surface area (Å²) in [7, 11) is 1.65. The molecule has 2 heterocycles. The minimum absolute atomic E-state index is 0.0389. The lowest BCUT2D eigenvalue weighted by molar-refractivity contribution is -0.134. The number of methoxy groups -OCH3 is 1. The molecule has 0 bridgehead atoms. The highest BCUT2D eigenvalue weighted by atomic mass is 16.5. The van der Waals surface area contributed by atoms with Gasteiger partial charge in [-0.1, -0.05) is 24.3 Å². The van der Waals surface area contributed by atoms with E-state index in [4.69, 9.17) is 9.47 Å². The van der Waals surface area contributed by atoms with Crippen molar-refractivity contribution in [2.75, 3.05) is 20.3 Å². The van der Waals surface area contributed by atoms with E-state index in [1.54, 1.807) is 7.11 Å². The second kappa shape index (κ2) is 7.61. The largest absolute Gasteiger partial charge is 0.497 e. The number of hydrogen-bond donors (Lipinski definition) is 0. The molecule has 138 valence electrons. The van der Waals surface area contributed by atoms with Gasteiger partial charge in [-0.3, -0.25) is 4.79 Å². The number of rotatable bonds is 5. The van der Waals surface area contributed by atoms with Gasteiger partial charge >= 0.3 is 0 Å². The van der Waals surface area contributed by atoms with E-state index in [1.165, 1.54) is 6.33 Å². The van der Waals surface area contributed by atoms with Crippen LogP contribution in [0, 0.1) is 0 Å². The highest BCUT2D eigenvalue weighted by Crippen LogP contribution is 2.33. The van der Waals surface area contributed by atoms with E-state index in [0.29, 0.717) is 5.88 Å². The average molecular weight is 363 g/mol. The maximum atomic E-state index is 12.8. The molecule has 0 unspecified atom stereocenters. The molecule has 1 aliphatic heterocycles. The number of carbonyl (C=O) groups excluding carboxylic acids is 1. The lowest BCUT2D eigenvalue weighted by Crippen LogP contribution is -2.34. The molecule has 1 saturated heterocycles. The molecule has 0 aliphatic carbocycles. The number of hydrogen-bond acceptors (Lipinski definition) is 5. The van der Waals surface area contributed by atoms with Gasteiger partial charge in [0.2, 0.25) is 5.88 Å². The Morgan fingerprint density at radius 2 is 2.07 bits per heavy atom. The molecular weight excluding hydrogens is 342 g/mol. The van der Waals surface area contributed by atoms with Crippen molar-refractivity contribution in [2.45, 2.75) is 18.9 Å². The van der Waals surface area contributed by atoms with E-state index in [-0.39, 0.29) is 18.6 Å². The molecule has 3 aromatic rings. The fraction of sp³-hybridized carbons (Fsp3) is 0.286. The fourth-order valence-electron chi connectivity index (χ4n) is 3.57. The zero-order chi connectivity index (χ0) is 18.6. The Morgan fingerprint density at radius 1 is 1.19 bits per heavy atom. The quantitative estimate of drug-likeness (QED) is 0.695. The zero-order valence-corrected chi connectivity index (χ0v) is 15.2. The van der Waals surface area contributed by atoms with Gasteiger partial charge in [-0.05, 0) is 42.7 Å². The first-order valence-electron chi connectivity index (χ1n) is 9.02. The third-order valence-electron chi connectivity index (χ3n) is 4.89. The molecule has 0 N–H and O–H groups in total. The predicted octanol–water partition coefficient (Wildman–Crippen LogP) is 3.38. The maximum absolute atomic E-state index is 12.8. The minimum Gasteiger partial charge on any atom is -0.497 e. The number of benzene rings is 2. The fourth-order valence-corrected chi connectivity index (χ4v) is 3.57. The van der Waals surface area contributed by atoms with Gasteiger partial charge in [0.15, 0.2) is 6.61 Å². The third kappa shape index (κ3) is 3.56. The SMILES string of the molecule is COc1cccc([C@H]2CCCN2C(=O)COc2ncnc3ccccc23)c1. The van der Waals surface area contributed by atoms with Crippen LogP contribution in [0.4, 0.5) is 0 Å². The second-order valence-electron chi connectivity index (χ2n) is 6.51. The monoisotopic (exact) mass is 363 g/mol. The van der Waals surface area contributed by atoms with E-state index < -0.39 is 0 Å². The summed E-state index contributed by atoms with van der Waals surface area (Å²) in [5.74, 6) is 1.20. The smallest absolute Gasteiger partial charge is 0.261 e. The van der Waals surface area contributed by atoms with Crippen LogP contribution >= 0.6 is 0 Å². The van der Waals surface area contributed by atoms with Crippen molar-refractivity contribution in [3.63, 3.8) is 0 Å². The summed E-state index contributed by atoms with van der Waals surface area (Å²) in [5.41, 5.74) is 1.89. The third-order valence-corrected chi connectivity index (χ3v) is 4.89. The van der Waals surface area contributed by atoms with Crippen molar-refractivity contribution in [1.29, 1.82) is 0 Å². The summed E-state index contributed by atoms with van der Waals surface area (Å²) in [6, 6.07) is 15.6. The van der Waals surface area contributed by atoms with Crippen LogP contribution in [0.25, 0.3) is 10.9 Å². The molecule has 1 aromatic heterocycles. The van der Waals surface area contributed by atoms with Crippen molar-refractivity contribution in [3.8, 4) is 11.6 Å². The van der Waals surface area contributed by atoms with Crippen LogP contribution in [0.3, 0.4) is 0 Å². The van der Waals surface area contributed by atoms with Crippen LogP contribution in [0.15, 0.2) is 54.9 Å². The number of nitrogens with zero attached hydrogens (tertiary/aromatic N) is 3. The van der Waals surface area contributed by atoms with Crippen LogP contribution in [0.5, 0.6) is 11.6 Å². The van der Waals surface area contributed by atoms with Crippen LogP contribution < -0.4 is 9.47 Å². The van der Waals surface area contributed by atoms with E-state index in [0.717, 1.165) is 41.6 Å². The van der Waals surface area contributed by atoms with Crippen LogP contribution in [0.1, 0.15) is 24.4 Å². The molecule has 6 heteroatoms. The molecule has 0 spiro atoms. The van der Waals surface area contributed by atoms with Crippen molar-refractivity contribution < 1.29 is 14.3 Å². The van der Waals surface area contributed by atoms with Gasteiger partial charge in [-0.25, -0.2) is 9.97 Å². The van der Waals surface area contributed by atoms with Crippen LogP contribution in [-0.2, 0) is 4.79 Å². The van der Waals surface area contributed by atoms with Gasteiger partial charge < -0.3 is 14.4 Å². The molecule has 1 aliphatic rings. The number of ether oxygens (including phenoxy) is 2. The first-order valence-corrected chi connectivity index (χ1v) is 9.02. The topological polar surface area (TPSA) is 64.5 Å². The van der Waals surface area contributed by atoms with Crippen molar-refractivity contribution in [1.82, 2.24) is 14.9 Å². The van der Waals surface area contributed by atoms with Crippen molar-refractivity contribution in [2.24, 2.45) is 0 Å². The Balaban J connectivity index is 1.48. The Kier molecular flexibility index (Phi) is 4.87. The average Bonchev–Trinajstić information content (AvgIpc) is 3.22. The molecule has 1 fully saturated rings. The summed E-state index contributed by atoms with van der Waals surface area (Å²) in [5, 5.41) is 0.804. The minimum atomic E-state index is -0.0402. The van der Waals surface area contributed by atoms with Gasteiger partial charge in [0.05, 0.1) is 24.1 Å². The number of para-hydroxylation sites is 1. The highest BCUT2D eigenvalue weighted by molar-refractivity contribution is 5.84. The lowest BCUT2D eigenvalue weighted by atomic mass is 10.0. The first-order chi connectivity index (χ1) is 13.3. The molecule has 0 saturated carbocycles. The van der Waals surface area contributed by atoms with E-state index >= 15 is 0 Å². The zero-order valence-electron chi connectivity index (χ0n) is 15.2. The van der Waals surface area contributed by atoms with E-state index in [9.17, 15) is 4.79 Å². The Bertz CT molecular complexity index is 955. The summed E-state index contributed by atoms with van der Waals surface area (Å²) in [6.07, 6.45) is 3.37. The number of likely N-dealkylation sites (tertiary alicyclic amines) is 1. The number of carbonyl (C=O) groups is 1. The molecular formula is C21H21N3O3. The molecule has 1 atom stereocenters. The van der Waals surface area contributed by atoms with Gasteiger partial charge in [0, 0.05) is 6.54 Å². The Labute approximate surface area is 157 Å². The summed E-state index contributed by atoms with van der Waals surface area (Å²) in [4.78, 5) is 23.1. The number of aromatic nitrogens is 2. The Hall–Kier alpha value is -3.15. The normalized spacial score (nSPS) is 16.5. The molecule has 1 amide bonds. The highest BCUT2D eigenvalue weighted by Gasteiger charge is 2.30. The summed E-state index contributed by atoms with van der Waals surface area (Å²) >= 11 is 0. The Morgan fingerprint density at radius 3 is 2.96 bits per heavy atom. The maximum Gasteiger partial charge on any atom is 0.261 e. The standard InChI is InChI=1S/C21H21N3O3/c1-26-16-7-4-6-15(12-16)19-10-5-11-24(19)20(25)13-27-21-17-8-2-3-9-18(17)22-14-23-21/h2-4,6-9,12,14,19H,5,10-11,13H2,1H3/t19-/m1/s1. The van der Waals surface area contributed by atoms with Gasteiger partial charge in [0.25, 0.3) is 5.91 Å². The van der Waals surface area contributed by atoms with E-state index in [2.05, 4.69) is 9.97 Å². The van der Waals surface area contributed by atoms with Crippen LogP contribution in [0.2, 0.25) is 0 Å². The van der Waals surface area contributed by atoms with E-state index in [1.807, 2.05) is 53.4 Å². The van der Waals surface area contributed by atoms with Crippen molar-refractivity contribution in [3.05, 3.63) is 60.4 Å².